The Morgan fingerprint density at radius 3 is 2.13 bits per heavy atom. The molecule has 0 spiro atoms. The highest BCUT2D eigenvalue weighted by Crippen LogP contribution is 2.48. The van der Waals surface area contributed by atoms with E-state index in [0.717, 1.165) is 18.3 Å². The molecule has 1 N–H and O–H groups in total. The van der Waals surface area contributed by atoms with Crippen molar-refractivity contribution in [3.8, 4) is 0 Å². The van der Waals surface area contributed by atoms with Crippen LogP contribution in [0.5, 0.6) is 0 Å². The third-order valence-electron chi connectivity index (χ3n) is 8.11. The molecule has 0 unspecified atom stereocenters. The second-order valence-electron chi connectivity index (χ2n) is 10.7. The summed E-state index contributed by atoms with van der Waals surface area (Å²) in [5.74, 6) is -6.56. The van der Waals surface area contributed by atoms with Crippen molar-refractivity contribution in [2.45, 2.75) is 11.8 Å². The summed E-state index contributed by atoms with van der Waals surface area (Å²) in [6.45, 7) is 1.00. The summed E-state index contributed by atoms with van der Waals surface area (Å²) in [7, 11) is -0.807. The van der Waals surface area contributed by atoms with Crippen molar-refractivity contribution >= 4 is 44.2 Å². The summed E-state index contributed by atoms with van der Waals surface area (Å²) < 4.78 is 76.5. The van der Waals surface area contributed by atoms with Gasteiger partial charge in [0.2, 0.25) is 21.2 Å². The molecule has 0 bridgehead atoms. The maximum atomic E-state index is 16.0. The Morgan fingerprint density at radius 1 is 0.844 bits per heavy atom. The third-order valence-corrected chi connectivity index (χ3v) is 9.95. The van der Waals surface area contributed by atoms with Crippen LogP contribution in [0.4, 0.5) is 30.2 Å². The fraction of sp³-hybridized carbons (Fsp3) is 0.0857. The number of sulfone groups is 1. The summed E-state index contributed by atoms with van der Waals surface area (Å²) in [6, 6.07) is 22.8. The molecular formula is C35H26F3N2O4S+. The Hall–Kier alpha value is -5.22. The van der Waals surface area contributed by atoms with Crippen LogP contribution in [0.2, 0.25) is 0 Å². The molecule has 1 aliphatic carbocycles. The fourth-order valence-electron chi connectivity index (χ4n) is 5.64. The lowest BCUT2D eigenvalue weighted by Gasteiger charge is -2.29. The Morgan fingerprint density at radius 2 is 1.49 bits per heavy atom. The predicted octanol–water partition coefficient (Wildman–Crippen LogP) is 7.34. The van der Waals surface area contributed by atoms with E-state index in [0.29, 0.717) is 11.4 Å². The minimum Gasteiger partial charge on any atom is -0.478 e. The molecule has 0 radical (unpaired) electrons. The number of halogens is 3. The highest BCUT2D eigenvalue weighted by molar-refractivity contribution is 7.95. The number of carbonyl (C=O) groups is 1. The van der Waals surface area contributed by atoms with Gasteiger partial charge in [0.1, 0.15) is 18.4 Å². The van der Waals surface area contributed by atoms with Crippen LogP contribution in [0.3, 0.4) is 0 Å². The Balaban J connectivity index is 1.71. The summed E-state index contributed by atoms with van der Waals surface area (Å²) in [5, 5.41) is 9.98. The molecule has 0 aromatic heterocycles. The van der Waals surface area contributed by atoms with Crippen molar-refractivity contribution in [2.75, 3.05) is 19.0 Å². The van der Waals surface area contributed by atoms with E-state index in [-0.39, 0.29) is 26.5 Å². The first-order chi connectivity index (χ1) is 21.4. The number of para-hydroxylation sites is 2. The minimum absolute atomic E-state index is 0.0383. The number of allylic oxidation sites excluding steroid dienone is 4. The normalized spacial score (nSPS) is 16.1. The quantitative estimate of drug-likeness (QED) is 0.185. The summed E-state index contributed by atoms with van der Waals surface area (Å²) in [5.41, 5.74) is -0.454. The SMILES string of the molecule is Cc1c(F)c(F)c(C(=O)O)c(C2=C3C=CC(=[N+](C)c4ccccc4)C=C3S(=O)(=O)c3cc(N(C)c4ccccc4)ccc32)c1F. The lowest BCUT2D eigenvalue weighted by molar-refractivity contribution is -0.403. The van der Waals surface area contributed by atoms with Crippen molar-refractivity contribution in [3.05, 3.63) is 147 Å². The molecule has 0 saturated carbocycles. The first-order valence-electron chi connectivity index (χ1n) is 13.8. The van der Waals surface area contributed by atoms with Crippen LogP contribution in [-0.4, -0.2) is 43.9 Å². The summed E-state index contributed by atoms with van der Waals surface area (Å²) >= 11 is 0. The number of carboxylic acids is 1. The molecule has 2 aliphatic rings. The molecule has 6 nitrogen and oxygen atoms in total. The lowest BCUT2D eigenvalue weighted by Crippen LogP contribution is -2.23. The molecule has 0 saturated heterocycles. The van der Waals surface area contributed by atoms with Crippen molar-refractivity contribution in [3.63, 3.8) is 0 Å². The van der Waals surface area contributed by atoms with E-state index in [2.05, 4.69) is 0 Å². The molecule has 226 valence electrons. The van der Waals surface area contributed by atoms with Gasteiger partial charge in [0.05, 0.1) is 9.80 Å². The van der Waals surface area contributed by atoms with E-state index < -0.39 is 49.9 Å². The fourth-order valence-corrected chi connectivity index (χ4v) is 7.35. The smallest absolute Gasteiger partial charge is 0.339 e. The van der Waals surface area contributed by atoms with E-state index in [1.54, 1.807) is 35.7 Å². The van der Waals surface area contributed by atoms with Crippen LogP contribution in [-0.2, 0) is 9.84 Å². The molecule has 0 amide bonds. The molecule has 0 atom stereocenters. The second kappa shape index (κ2) is 11.0. The molecule has 10 heteroatoms. The van der Waals surface area contributed by atoms with E-state index in [1.807, 2.05) is 60.7 Å². The van der Waals surface area contributed by atoms with Gasteiger partial charge in [0, 0.05) is 70.5 Å². The largest absolute Gasteiger partial charge is 0.478 e. The molecule has 4 aromatic rings. The van der Waals surface area contributed by atoms with Gasteiger partial charge in [-0.3, -0.25) is 0 Å². The number of hydrogen-bond acceptors (Lipinski definition) is 4. The van der Waals surface area contributed by atoms with E-state index in [4.69, 9.17) is 0 Å². The van der Waals surface area contributed by atoms with Gasteiger partial charge in [0.25, 0.3) is 0 Å². The average molecular weight is 628 g/mol. The summed E-state index contributed by atoms with van der Waals surface area (Å²) in [4.78, 5) is 13.6. The van der Waals surface area contributed by atoms with E-state index >= 15 is 8.78 Å². The average Bonchev–Trinajstić information content (AvgIpc) is 3.05. The molecule has 1 aliphatic heterocycles. The number of carboxylic acid groups (broad SMARTS) is 1. The van der Waals surface area contributed by atoms with Gasteiger partial charge < -0.3 is 10.0 Å². The number of benzene rings is 4. The van der Waals surface area contributed by atoms with E-state index in [1.165, 1.54) is 24.3 Å². The van der Waals surface area contributed by atoms with Crippen molar-refractivity contribution < 1.29 is 36.1 Å². The molecule has 1 heterocycles. The third kappa shape index (κ3) is 4.78. The van der Waals surface area contributed by atoms with Crippen LogP contribution in [0.25, 0.3) is 5.57 Å². The Kier molecular flexibility index (Phi) is 7.33. The number of aromatic carboxylic acids is 1. The van der Waals surface area contributed by atoms with Crippen LogP contribution in [0.15, 0.2) is 112 Å². The van der Waals surface area contributed by atoms with Gasteiger partial charge in [-0.15, -0.1) is 0 Å². The maximum Gasteiger partial charge on any atom is 0.339 e. The molecule has 0 fully saturated rings. The molecular weight excluding hydrogens is 601 g/mol. The number of rotatable bonds is 5. The molecule has 45 heavy (non-hydrogen) atoms. The first kappa shape index (κ1) is 29.8. The number of fused-ring (bicyclic) bond motifs is 2. The van der Waals surface area contributed by atoms with Crippen molar-refractivity contribution in [1.82, 2.24) is 0 Å². The first-order valence-corrected chi connectivity index (χ1v) is 15.3. The number of hydrogen-bond donors (Lipinski definition) is 1. The van der Waals surface area contributed by atoms with Gasteiger partial charge in [-0.1, -0.05) is 42.5 Å². The second-order valence-corrected chi connectivity index (χ2v) is 12.5. The number of nitrogens with zero attached hydrogens (tertiary/aromatic N) is 2. The van der Waals surface area contributed by atoms with Gasteiger partial charge in [-0.05, 0) is 37.3 Å². The van der Waals surface area contributed by atoms with Crippen LogP contribution in [0.1, 0.15) is 27.0 Å². The zero-order chi connectivity index (χ0) is 32.2. The van der Waals surface area contributed by atoms with Crippen molar-refractivity contribution in [1.29, 1.82) is 0 Å². The van der Waals surface area contributed by atoms with Crippen molar-refractivity contribution in [2.24, 2.45) is 0 Å². The van der Waals surface area contributed by atoms with Crippen LogP contribution >= 0.6 is 0 Å². The Labute approximate surface area is 257 Å². The topological polar surface area (TPSA) is 77.7 Å². The van der Waals surface area contributed by atoms with Crippen LogP contribution < -0.4 is 4.90 Å². The van der Waals surface area contributed by atoms with Crippen LogP contribution in [0, 0.1) is 24.4 Å². The zero-order valence-electron chi connectivity index (χ0n) is 24.3. The van der Waals surface area contributed by atoms with Gasteiger partial charge >= 0.3 is 5.97 Å². The lowest BCUT2D eigenvalue weighted by atomic mass is 9.85. The highest BCUT2D eigenvalue weighted by Gasteiger charge is 2.41. The van der Waals surface area contributed by atoms with Gasteiger partial charge in [-0.25, -0.2) is 26.4 Å². The molecule has 6 rings (SSSR count). The zero-order valence-corrected chi connectivity index (χ0v) is 25.2. The monoisotopic (exact) mass is 627 g/mol. The minimum atomic E-state index is -4.30. The predicted molar refractivity (Wildman–Crippen MR) is 167 cm³/mol. The van der Waals surface area contributed by atoms with Gasteiger partial charge in [-0.2, -0.15) is 4.58 Å². The van der Waals surface area contributed by atoms with E-state index in [9.17, 15) is 22.7 Å². The molecule has 4 aromatic carbocycles. The Bertz CT molecular complexity index is 2150. The number of anilines is 2. The standard InChI is InChI=1S/C35H25F3N2O4S/c1-20-32(36)30(31(35(41)42)34(38)33(20)37)29-25-16-14-23(39(2)21-10-6-4-7-11-21)18-27(25)45(43,44)28-19-24(15-17-26(28)29)40(3)22-12-8-5-9-13-22/h4-19H,1-3H3/p+1. The van der Waals surface area contributed by atoms with Gasteiger partial charge in [0.15, 0.2) is 11.6 Å². The highest BCUT2D eigenvalue weighted by atomic mass is 32.2. The maximum absolute atomic E-state index is 16.0. The summed E-state index contributed by atoms with van der Waals surface area (Å²) in [6.07, 6.45) is 4.46.